The van der Waals surface area contributed by atoms with E-state index in [9.17, 15) is 8.42 Å². The Morgan fingerprint density at radius 1 is 0.960 bits per heavy atom. The van der Waals surface area contributed by atoms with Gasteiger partial charge in [-0.15, -0.1) is 0 Å². The zero-order chi connectivity index (χ0) is 18.0. The van der Waals surface area contributed by atoms with Crippen LogP contribution in [0.4, 0.5) is 0 Å². The van der Waals surface area contributed by atoms with Gasteiger partial charge in [0.25, 0.3) is 0 Å². The average Bonchev–Trinajstić information content (AvgIpc) is 2.92. The minimum absolute atomic E-state index is 0.00742. The van der Waals surface area contributed by atoms with E-state index in [0.29, 0.717) is 17.3 Å². The lowest BCUT2D eigenvalue weighted by Gasteiger charge is -2.08. The molecule has 1 heterocycles. The maximum absolute atomic E-state index is 12.6. The van der Waals surface area contributed by atoms with E-state index >= 15 is 0 Å². The lowest BCUT2D eigenvalue weighted by molar-refractivity contribution is 0.539. The van der Waals surface area contributed by atoms with Crippen LogP contribution in [0.1, 0.15) is 28.1 Å². The topological polar surface area (TPSA) is 60.2 Å². The predicted octanol–water partition coefficient (Wildman–Crippen LogP) is 4.38. The van der Waals surface area contributed by atoms with Gasteiger partial charge in [0.2, 0.25) is 5.89 Å². The number of aromatic nitrogens is 1. The summed E-state index contributed by atoms with van der Waals surface area (Å²) in [6, 6.07) is 15.3. The third kappa shape index (κ3) is 4.17. The van der Waals surface area contributed by atoms with Gasteiger partial charge in [-0.2, -0.15) is 0 Å². The molecule has 5 heteroatoms. The van der Waals surface area contributed by atoms with Crippen LogP contribution in [0.5, 0.6) is 0 Å². The van der Waals surface area contributed by atoms with Crippen LogP contribution < -0.4 is 0 Å². The summed E-state index contributed by atoms with van der Waals surface area (Å²) in [7, 11) is -3.34. The average molecular weight is 355 g/mol. The second-order valence-electron chi connectivity index (χ2n) is 6.35. The van der Waals surface area contributed by atoms with Gasteiger partial charge in [0.1, 0.15) is 5.76 Å². The largest absolute Gasteiger partial charge is 0.441 e. The number of sulfone groups is 1. The predicted molar refractivity (Wildman–Crippen MR) is 98.9 cm³/mol. The molecule has 0 spiro atoms. The lowest BCUT2D eigenvalue weighted by atomic mass is 10.1. The van der Waals surface area contributed by atoms with E-state index in [4.69, 9.17) is 4.42 Å². The first-order chi connectivity index (χ1) is 11.8. The van der Waals surface area contributed by atoms with Crippen molar-refractivity contribution in [2.24, 2.45) is 0 Å². The maximum Gasteiger partial charge on any atom is 0.226 e. The Morgan fingerprint density at radius 2 is 1.68 bits per heavy atom. The van der Waals surface area contributed by atoms with Crippen molar-refractivity contribution in [1.29, 1.82) is 0 Å². The molecule has 0 unspecified atom stereocenters. The first kappa shape index (κ1) is 17.4. The molecule has 4 nitrogen and oxygen atoms in total. The number of rotatable bonds is 5. The van der Waals surface area contributed by atoms with Crippen LogP contribution in [0.2, 0.25) is 0 Å². The Hall–Kier alpha value is -2.40. The second-order valence-corrected chi connectivity index (χ2v) is 8.41. The molecule has 0 amide bonds. The standard InChI is InChI=1S/C20H21NO3S/c1-14-9-10-15(2)18(11-14)12-25(22,23)13-19-16(3)24-20(21-19)17-7-5-4-6-8-17/h4-11H,12-13H2,1-3H3. The van der Waals surface area contributed by atoms with Crippen molar-refractivity contribution in [2.45, 2.75) is 32.3 Å². The zero-order valence-corrected chi connectivity index (χ0v) is 15.4. The molecule has 0 aliphatic rings. The van der Waals surface area contributed by atoms with Crippen LogP contribution >= 0.6 is 0 Å². The van der Waals surface area contributed by atoms with Gasteiger partial charge in [-0.05, 0) is 44.0 Å². The van der Waals surface area contributed by atoms with Crippen LogP contribution in [0, 0.1) is 20.8 Å². The molecule has 3 rings (SSSR count). The first-order valence-corrected chi connectivity index (χ1v) is 9.94. The second kappa shape index (κ2) is 6.84. The van der Waals surface area contributed by atoms with Crippen LogP contribution in [0.3, 0.4) is 0 Å². The molecule has 0 fully saturated rings. The molecule has 25 heavy (non-hydrogen) atoms. The van der Waals surface area contributed by atoms with Crippen molar-refractivity contribution in [2.75, 3.05) is 0 Å². The third-order valence-corrected chi connectivity index (χ3v) is 5.61. The van der Waals surface area contributed by atoms with Crippen molar-refractivity contribution in [3.63, 3.8) is 0 Å². The van der Waals surface area contributed by atoms with E-state index in [1.54, 1.807) is 6.92 Å². The summed E-state index contributed by atoms with van der Waals surface area (Å²) in [5.74, 6) is 0.883. The van der Waals surface area contributed by atoms with Crippen molar-refractivity contribution in [3.8, 4) is 11.5 Å². The highest BCUT2D eigenvalue weighted by Gasteiger charge is 2.20. The number of oxazole rings is 1. The van der Waals surface area contributed by atoms with Crippen molar-refractivity contribution in [1.82, 2.24) is 4.98 Å². The molecule has 0 bridgehead atoms. The minimum atomic E-state index is -3.34. The van der Waals surface area contributed by atoms with Gasteiger partial charge in [-0.3, -0.25) is 0 Å². The first-order valence-electron chi connectivity index (χ1n) is 8.12. The Bertz CT molecular complexity index is 989. The summed E-state index contributed by atoms with van der Waals surface area (Å²) in [5, 5.41) is 0. The van der Waals surface area contributed by atoms with Gasteiger partial charge < -0.3 is 4.42 Å². The Balaban J connectivity index is 1.84. The molecule has 130 valence electrons. The monoisotopic (exact) mass is 355 g/mol. The van der Waals surface area contributed by atoms with E-state index in [0.717, 1.165) is 22.3 Å². The Kier molecular flexibility index (Phi) is 4.77. The highest BCUT2D eigenvalue weighted by Crippen LogP contribution is 2.24. The summed E-state index contributed by atoms with van der Waals surface area (Å²) in [5.41, 5.74) is 4.19. The number of hydrogen-bond acceptors (Lipinski definition) is 4. The molecule has 1 aromatic heterocycles. The highest BCUT2D eigenvalue weighted by atomic mass is 32.2. The van der Waals surface area contributed by atoms with Gasteiger partial charge >= 0.3 is 0 Å². The van der Waals surface area contributed by atoms with E-state index in [-0.39, 0.29) is 11.5 Å². The summed E-state index contributed by atoms with van der Waals surface area (Å²) in [4.78, 5) is 4.40. The number of hydrogen-bond donors (Lipinski definition) is 0. The quantitative estimate of drug-likeness (QED) is 0.681. The SMILES string of the molecule is Cc1ccc(C)c(CS(=O)(=O)Cc2nc(-c3ccccc3)oc2C)c1. The summed E-state index contributed by atoms with van der Waals surface area (Å²) >= 11 is 0. The molecule has 0 atom stereocenters. The zero-order valence-electron chi connectivity index (χ0n) is 14.6. The van der Waals surface area contributed by atoms with Crippen LogP contribution in [-0.2, 0) is 21.3 Å². The molecule has 0 aliphatic carbocycles. The molecule has 2 aromatic carbocycles. The normalized spacial score (nSPS) is 11.6. The summed E-state index contributed by atoms with van der Waals surface area (Å²) < 4.78 is 31.0. The van der Waals surface area contributed by atoms with Crippen molar-refractivity contribution in [3.05, 3.63) is 76.7 Å². The van der Waals surface area contributed by atoms with Crippen LogP contribution in [0.15, 0.2) is 52.9 Å². The van der Waals surface area contributed by atoms with Crippen molar-refractivity contribution < 1.29 is 12.8 Å². The fourth-order valence-corrected chi connectivity index (χ4v) is 4.29. The lowest BCUT2D eigenvalue weighted by Crippen LogP contribution is -2.10. The molecule has 0 saturated heterocycles. The fourth-order valence-electron chi connectivity index (χ4n) is 2.72. The fraction of sp³-hybridized carbons (Fsp3) is 0.250. The number of aryl methyl sites for hydroxylation is 3. The van der Waals surface area contributed by atoms with E-state index < -0.39 is 9.84 Å². The molecular weight excluding hydrogens is 334 g/mol. The minimum Gasteiger partial charge on any atom is -0.441 e. The Labute approximate surface area is 148 Å². The highest BCUT2D eigenvalue weighted by molar-refractivity contribution is 7.89. The maximum atomic E-state index is 12.6. The van der Waals surface area contributed by atoms with Crippen LogP contribution in [-0.4, -0.2) is 13.4 Å². The van der Waals surface area contributed by atoms with E-state index in [1.165, 1.54) is 0 Å². The van der Waals surface area contributed by atoms with Crippen molar-refractivity contribution >= 4 is 9.84 Å². The molecule has 3 aromatic rings. The summed E-state index contributed by atoms with van der Waals surface area (Å²) in [6.45, 7) is 5.64. The Morgan fingerprint density at radius 3 is 2.40 bits per heavy atom. The number of benzene rings is 2. The van der Waals surface area contributed by atoms with Gasteiger partial charge in [-0.1, -0.05) is 42.0 Å². The van der Waals surface area contributed by atoms with Crippen LogP contribution in [0.25, 0.3) is 11.5 Å². The molecule has 0 aliphatic heterocycles. The smallest absolute Gasteiger partial charge is 0.226 e. The molecular formula is C20H21NO3S. The third-order valence-electron chi connectivity index (χ3n) is 4.15. The van der Waals surface area contributed by atoms with Gasteiger partial charge in [0.15, 0.2) is 9.84 Å². The van der Waals surface area contributed by atoms with E-state index in [1.807, 2.05) is 62.4 Å². The van der Waals surface area contributed by atoms with Gasteiger partial charge in [-0.25, -0.2) is 13.4 Å². The van der Waals surface area contributed by atoms with Gasteiger partial charge in [0.05, 0.1) is 17.2 Å². The summed E-state index contributed by atoms with van der Waals surface area (Å²) in [6.07, 6.45) is 0. The molecule has 0 radical (unpaired) electrons. The molecule has 0 saturated carbocycles. The van der Waals surface area contributed by atoms with E-state index in [2.05, 4.69) is 4.98 Å². The number of nitrogens with zero attached hydrogens (tertiary/aromatic N) is 1. The van der Waals surface area contributed by atoms with Gasteiger partial charge in [0, 0.05) is 5.56 Å². The molecule has 0 N–H and O–H groups in total.